The van der Waals surface area contributed by atoms with Crippen molar-refractivity contribution in [1.29, 1.82) is 0 Å². The fourth-order valence-corrected chi connectivity index (χ4v) is 2.15. The number of nitrogens with zero attached hydrogens (tertiary/aromatic N) is 2. The van der Waals surface area contributed by atoms with Gasteiger partial charge < -0.3 is 15.1 Å². The molecule has 0 spiro atoms. The predicted molar refractivity (Wildman–Crippen MR) is 64.5 cm³/mol. The minimum Gasteiger partial charge on any atom is -0.363 e. The zero-order valence-electron chi connectivity index (χ0n) is 9.42. The molecule has 1 heterocycles. The van der Waals surface area contributed by atoms with Gasteiger partial charge in [-0.3, -0.25) is 0 Å². The summed E-state index contributed by atoms with van der Waals surface area (Å²) in [6.45, 7) is 6.50. The standard InChI is InChI=1S/C10H21N3S/c1-4-11-10(14)13(3)8-9-5-6-12(2)7-9/h9H,4-8H2,1-3H3,(H,11,14). The first kappa shape index (κ1) is 11.7. The Hall–Kier alpha value is -0.350. The number of thiocarbonyl (C=S) groups is 1. The third-order valence-corrected chi connectivity index (χ3v) is 3.15. The molecule has 0 aromatic heterocycles. The lowest BCUT2D eigenvalue weighted by molar-refractivity contribution is 0.353. The molecule has 14 heavy (non-hydrogen) atoms. The number of nitrogens with one attached hydrogen (secondary N) is 1. The Labute approximate surface area is 92.4 Å². The normalized spacial score (nSPS) is 22.4. The van der Waals surface area contributed by atoms with Crippen molar-refractivity contribution < 1.29 is 0 Å². The lowest BCUT2D eigenvalue weighted by atomic mass is 10.1. The molecule has 1 aliphatic heterocycles. The van der Waals surface area contributed by atoms with Gasteiger partial charge in [0.05, 0.1) is 0 Å². The van der Waals surface area contributed by atoms with E-state index in [0.717, 1.165) is 24.1 Å². The van der Waals surface area contributed by atoms with E-state index in [1.165, 1.54) is 19.5 Å². The molecular formula is C10H21N3S. The van der Waals surface area contributed by atoms with Gasteiger partial charge in [-0.05, 0) is 45.1 Å². The second-order valence-electron chi connectivity index (χ2n) is 4.13. The minimum absolute atomic E-state index is 0.779. The molecule has 1 fully saturated rings. The van der Waals surface area contributed by atoms with Crippen LogP contribution in [0.5, 0.6) is 0 Å². The zero-order chi connectivity index (χ0) is 10.6. The van der Waals surface area contributed by atoms with E-state index in [-0.39, 0.29) is 0 Å². The highest BCUT2D eigenvalue weighted by atomic mass is 32.1. The van der Waals surface area contributed by atoms with Crippen LogP contribution in [0.2, 0.25) is 0 Å². The van der Waals surface area contributed by atoms with E-state index < -0.39 is 0 Å². The summed E-state index contributed by atoms with van der Waals surface area (Å²) in [6, 6.07) is 0. The fraction of sp³-hybridized carbons (Fsp3) is 0.900. The fourth-order valence-electron chi connectivity index (χ4n) is 1.93. The van der Waals surface area contributed by atoms with Crippen LogP contribution in [0.4, 0.5) is 0 Å². The summed E-state index contributed by atoms with van der Waals surface area (Å²) >= 11 is 5.24. The van der Waals surface area contributed by atoms with Gasteiger partial charge in [0.2, 0.25) is 0 Å². The smallest absolute Gasteiger partial charge is 0.168 e. The van der Waals surface area contributed by atoms with E-state index in [1.54, 1.807) is 0 Å². The van der Waals surface area contributed by atoms with Gasteiger partial charge in [0.25, 0.3) is 0 Å². The third-order valence-electron chi connectivity index (χ3n) is 2.70. The molecule has 82 valence electrons. The van der Waals surface area contributed by atoms with Crippen LogP contribution >= 0.6 is 12.2 Å². The molecule has 0 aromatic rings. The molecule has 1 rings (SSSR count). The second kappa shape index (κ2) is 5.51. The number of hydrogen-bond donors (Lipinski definition) is 1. The molecule has 1 atom stereocenters. The topological polar surface area (TPSA) is 18.5 Å². The predicted octanol–water partition coefficient (Wildman–Crippen LogP) is 0.764. The van der Waals surface area contributed by atoms with Crippen LogP contribution < -0.4 is 5.32 Å². The zero-order valence-corrected chi connectivity index (χ0v) is 10.2. The molecule has 0 bridgehead atoms. The Balaban J connectivity index is 2.26. The van der Waals surface area contributed by atoms with Gasteiger partial charge in [-0.1, -0.05) is 0 Å². The third kappa shape index (κ3) is 3.42. The Bertz CT molecular complexity index is 196. The molecule has 1 saturated heterocycles. The molecule has 0 saturated carbocycles. The Morgan fingerprint density at radius 1 is 1.64 bits per heavy atom. The van der Waals surface area contributed by atoms with E-state index in [9.17, 15) is 0 Å². The SMILES string of the molecule is CCNC(=S)N(C)CC1CCN(C)C1. The Morgan fingerprint density at radius 2 is 2.36 bits per heavy atom. The maximum atomic E-state index is 5.24. The molecule has 0 radical (unpaired) electrons. The average Bonchev–Trinajstić information content (AvgIpc) is 2.51. The van der Waals surface area contributed by atoms with Gasteiger partial charge in [-0.2, -0.15) is 0 Å². The Morgan fingerprint density at radius 3 is 2.86 bits per heavy atom. The minimum atomic E-state index is 0.779. The van der Waals surface area contributed by atoms with Crippen LogP contribution in [0, 0.1) is 5.92 Å². The van der Waals surface area contributed by atoms with Crippen LogP contribution in [0.15, 0.2) is 0 Å². The average molecular weight is 215 g/mol. The van der Waals surface area contributed by atoms with Crippen LogP contribution in [-0.2, 0) is 0 Å². The van der Waals surface area contributed by atoms with E-state index >= 15 is 0 Å². The number of rotatable bonds is 3. The van der Waals surface area contributed by atoms with E-state index in [0.29, 0.717) is 0 Å². The number of likely N-dealkylation sites (tertiary alicyclic amines) is 1. The van der Waals surface area contributed by atoms with E-state index in [4.69, 9.17) is 12.2 Å². The summed E-state index contributed by atoms with van der Waals surface area (Å²) in [5.41, 5.74) is 0. The maximum Gasteiger partial charge on any atom is 0.168 e. The van der Waals surface area contributed by atoms with Crippen molar-refractivity contribution in [3.05, 3.63) is 0 Å². The van der Waals surface area contributed by atoms with Crippen molar-refractivity contribution in [2.75, 3.05) is 40.3 Å². The van der Waals surface area contributed by atoms with Crippen LogP contribution in [-0.4, -0.2) is 55.2 Å². The van der Waals surface area contributed by atoms with Crippen molar-refractivity contribution >= 4 is 17.3 Å². The van der Waals surface area contributed by atoms with Gasteiger partial charge in [0.15, 0.2) is 5.11 Å². The molecule has 0 amide bonds. The summed E-state index contributed by atoms with van der Waals surface area (Å²) in [5, 5.41) is 4.05. The highest BCUT2D eigenvalue weighted by molar-refractivity contribution is 7.80. The van der Waals surface area contributed by atoms with Crippen LogP contribution in [0.3, 0.4) is 0 Å². The van der Waals surface area contributed by atoms with Gasteiger partial charge in [0, 0.05) is 26.7 Å². The lowest BCUT2D eigenvalue weighted by Crippen LogP contribution is -2.39. The van der Waals surface area contributed by atoms with E-state index in [1.807, 2.05) is 0 Å². The summed E-state index contributed by atoms with van der Waals surface area (Å²) in [6.07, 6.45) is 1.30. The summed E-state index contributed by atoms with van der Waals surface area (Å²) in [5.74, 6) is 0.779. The van der Waals surface area contributed by atoms with Crippen LogP contribution in [0.1, 0.15) is 13.3 Å². The molecule has 1 unspecified atom stereocenters. The largest absolute Gasteiger partial charge is 0.363 e. The quantitative estimate of drug-likeness (QED) is 0.701. The van der Waals surface area contributed by atoms with Gasteiger partial charge in [0.1, 0.15) is 0 Å². The molecule has 3 nitrogen and oxygen atoms in total. The first-order valence-electron chi connectivity index (χ1n) is 5.31. The molecule has 4 heteroatoms. The first-order valence-corrected chi connectivity index (χ1v) is 5.71. The number of hydrogen-bond acceptors (Lipinski definition) is 2. The van der Waals surface area contributed by atoms with E-state index in [2.05, 4.69) is 36.1 Å². The molecule has 0 aromatic carbocycles. The highest BCUT2D eigenvalue weighted by Gasteiger charge is 2.21. The van der Waals surface area contributed by atoms with Gasteiger partial charge in [-0.15, -0.1) is 0 Å². The summed E-state index contributed by atoms with van der Waals surface area (Å²) in [7, 11) is 4.26. The monoisotopic (exact) mass is 215 g/mol. The summed E-state index contributed by atoms with van der Waals surface area (Å²) in [4.78, 5) is 4.54. The van der Waals surface area contributed by atoms with Crippen molar-refractivity contribution in [2.24, 2.45) is 5.92 Å². The van der Waals surface area contributed by atoms with Crippen molar-refractivity contribution in [1.82, 2.24) is 15.1 Å². The van der Waals surface area contributed by atoms with Crippen molar-refractivity contribution in [2.45, 2.75) is 13.3 Å². The summed E-state index contributed by atoms with van der Waals surface area (Å²) < 4.78 is 0. The van der Waals surface area contributed by atoms with Gasteiger partial charge in [-0.25, -0.2) is 0 Å². The van der Waals surface area contributed by atoms with Crippen molar-refractivity contribution in [3.63, 3.8) is 0 Å². The Kier molecular flexibility index (Phi) is 4.62. The lowest BCUT2D eigenvalue weighted by Gasteiger charge is -2.23. The van der Waals surface area contributed by atoms with Crippen molar-refractivity contribution in [3.8, 4) is 0 Å². The first-order chi connectivity index (χ1) is 6.63. The second-order valence-corrected chi connectivity index (χ2v) is 4.52. The van der Waals surface area contributed by atoms with Crippen LogP contribution in [0.25, 0.3) is 0 Å². The molecule has 0 aliphatic carbocycles. The highest BCUT2D eigenvalue weighted by Crippen LogP contribution is 2.14. The molecular weight excluding hydrogens is 194 g/mol. The maximum absolute atomic E-state index is 5.24. The van der Waals surface area contributed by atoms with Gasteiger partial charge >= 0.3 is 0 Å². The molecule has 1 aliphatic rings. The molecule has 1 N–H and O–H groups in total.